The Morgan fingerprint density at radius 1 is 0.966 bits per heavy atom. The van der Waals surface area contributed by atoms with Crippen LogP contribution in [0.3, 0.4) is 0 Å². The monoisotopic (exact) mass is 395 g/mol. The van der Waals surface area contributed by atoms with Gasteiger partial charge in [0, 0.05) is 0 Å². The Morgan fingerprint density at radius 3 is 2.10 bits per heavy atom. The van der Waals surface area contributed by atoms with Crippen molar-refractivity contribution in [1.82, 2.24) is 4.90 Å². The van der Waals surface area contributed by atoms with Crippen LogP contribution in [0, 0.1) is 0 Å². The number of imide groups is 1. The number of nitrogens with zero attached hydrogens (tertiary/aromatic N) is 1. The van der Waals surface area contributed by atoms with E-state index >= 15 is 0 Å². The molecule has 0 unspecified atom stereocenters. The third kappa shape index (κ3) is 4.38. The van der Waals surface area contributed by atoms with E-state index in [4.69, 9.17) is 9.47 Å². The molecule has 0 saturated carbocycles. The molecule has 1 heterocycles. The van der Waals surface area contributed by atoms with E-state index in [1.807, 2.05) is 20.8 Å². The van der Waals surface area contributed by atoms with Crippen molar-refractivity contribution in [2.75, 3.05) is 13.2 Å². The molecule has 6 heteroatoms. The number of carbonyl (C=O) groups is 3. The van der Waals surface area contributed by atoms with Crippen LogP contribution in [0.1, 0.15) is 63.8 Å². The quantitative estimate of drug-likeness (QED) is 0.501. The largest absolute Gasteiger partial charge is 0.462 e. The molecule has 0 aromatic heterocycles. The van der Waals surface area contributed by atoms with Crippen LogP contribution in [0.2, 0.25) is 0 Å². The highest BCUT2D eigenvalue weighted by molar-refractivity contribution is 6.21. The lowest BCUT2D eigenvalue weighted by atomic mass is 10.0. The molecule has 1 aliphatic heterocycles. The van der Waals surface area contributed by atoms with Crippen LogP contribution in [0.4, 0.5) is 0 Å². The number of ether oxygens (including phenoxy) is 2. The lowest BCUT2D eigenvalue weighted by Gasteiger charge is -2.33. The molecule has 2 aromatic rings. The standard InChI is InChI=1S/C23H25NO5/c1-4-13-29-22(27)17-11-9-16(10-12-17)14-28-15-23(2,3)24-20(25)18-7-5-6-8-19(18)21(24)26/h5-12H,4,13-15H2,1-3H3. The summed E-state index contributed by atoms with van der Waals surface area (Å²) in [7, 11) is 0. The Bertz CT molecular complexity index is 882. The van der Waals surface area contributed by atoms with Gasteiger partial charge in [0.15, 0.2) is 0 Å². The fourth-order valence-corrected chi connectivity index (χ4v) is 3.24. The van der Waals surface area contributed by atoms with E-state index in [2.05, 4.69) is 0 Å². The minimum Gasteiger partial charge on any atom is -0.462 e. The van der Waals surface area contributed by atoms with Gasteiger partial charge in [-0.2, -0.15) is 0 Å². The zero-order valence-electron chi connectivity index (χ0n) is 16.9. The number of hydrogen-bond donors (Lipinski definition) is 0. The third-order valence-corrected chi connectivity index (χ3v) is 4.75. The van der Waals surface area contributed by atoms with Crippen molar-refractivity contribution in [2.45, 2.75) is 39.3 Å². The Labute approximate surface area is 170 Å². The lowest BCUT2D eigenvalue weighted by Crippen LogP contribution is -2.50. The highest BCUT2D eigenvalue weighted by Gasteiger charge is 2.43. The van der Waals surface area contributed by atoms with Gasteiger partial charge in [-0.25, -0.2) is 4.79 Å². The summed E-state index contributed by atoms with van der Waals surface area (Å²) in [5, 5.41) is 0. The maximum Gasteiger partial charge on any atom is 0.338 e. The predicted molar refractivity (Wildman–Crippen MR) is 108 cm³/mol. The molecule has 29 heavy (non-hydrogen) atoms. The van der Waals surface area contributed by atoms with Gasteiger partial charge in [-0.15, -0.1) is 0 Å². The van der Waals surface area contributed by atoms with Crippen molar-refractivity contribution in [3.05, 3.63) is 70.8 Å². The third-order valence-electron chi connectivity index (χ3n) is 4.75. The average molecular weight is 395 g/mol. The summed E-state index contributed by atoms with van der Waals surface area (Å²) in [6, 6.07) is 13.8. The predicted octanol–water partition coefficient (Wildman–Crippen LogP) is 3.84. The molecule has 0 N–H and O–H groups in total. The first kappa shape index (κ1) is 20.7. The Morgan fingerprint density at radius 2 is 1.55 bits per heavy atom. The van der Waals surface area contributed by atoms with Gasteiger partial charge in [0.2, 0.25) is 0 Å². The molecule has 0 atom stereocenters. The molecule has 0 saturated heterocycles. The first-order valence-corrected chi connectivity index (χ1v) is 9.67. The van der Waals surface area contributed by atoms with Crippen LogP contribution in [-0.2, 0) is 16.1 Å². The molecule has 2 aromatic carbocycles. The summed E-state index contributed by atoms with van der Waals surface area (Å²) in [4.78, 5) is 38.4. The minimum atomic E-state index is -0.795. The molecular formula is C23H25NO5. The molecule has 2 amide bonds. The van der Waals surface area contributed by atoms with Gasteiger partial charge in [0.25, 0.3) is 11.8 Å². The van der Waals surface area contributed by atoms with E-state index in [0.29, 0.717) is 29.9 Å². The highest BCUT2D eigenvalue weighted by Crippen LogP contribution is 2.29. The summed E-state index contributed by atoms with van der Waals surface area (Å²) in [5.74, 6) is -0.936. The molecule has 0 spiro atoms. The van der Waals surface area contributed by atoms with Crippen LogP contribution in [-0.4, -0.2) is 41.4 Å². The topological polar surface area (TPSA) is 72.9 Å². The van der Waals surface area contributed by atoms with E-state index in [1.54, 1.807) is 48.5 Å². The number of benzene rings is 2. The van der Waals surface area contributed by atoms with Crippen molar-refractivity contribution < 1.29 is 23.9 Å². The second-order valence-corrected chi connectivity index (χ2v) is 7.63. The number of fused-ring (bicyclic) bond motifs is 1. The van der Waals surface area contributed by atoms with Crippen molar-refractivity contribution >= 4 is 17.8 Å². The van der Waals surface area contributed by atoms with E-state index in [1.165, 1.54) is 4.90 Å². The minimum absolute atomic E-state index is 0.193. The number of rotatable bonds is 8. The molecule has 0 radical (unpaired) electrons. The smallest absolute Gasteiger partial charge is 0.338 e. The van der Waals surface area contributed by atoms with E-state index < -0.39 is 5.54 Å². The van der Waals surface area contributed by atoms with Crippen molar-refractivity contribution in [3.8, 4) is 0 Å². The van der Waals surface area contributed by atoms with Gasteiger partial charge in [0.05, 0.1) is 42.0 Å². The SMILES string of the molecule is CCCOC(=O)c1ccc(COCC(C)(C)N2C(=O)c3ccccc3C2=O)cc1. The molecule has 0 aliphatic carbocycles. The average Bonchev–Trinajstić information content (AvgIpc) is 2.98. The van der Waals surface area contributed by atoms with Gasteiger partial charge < -0.3 is 9.47 Å². The number of esters is 1. The van der Waals surface area contributed by atoms with Crippen molar-refractivity contribution in [2.24, 2.45) is 0 Å². The van der Waals surface area contributed by atoms with Crippen LogP contribution in [0.5, 0.6) is 0 Å². The normalized spacial score (nSPS) is 13.6. The number of amides is 2. The Kier molecular flexibility index (Phi) is 6.13. The summed E-state index contributed by atoms with van der Waals surface area (Å²) in [6.45, 7) is 6.45. The Balaban J connectivity index is 1.58. The molecule has 0 fully saturated rings. The van der Waals surface area contributed by atoms with Crippen LogP contribution >= 0.6 is 0 Å². The zero-order valence-corrected chi connectivity index (χ0v) is 16.9. The summed E-state index contributed by atoms with van der Waals surface area (Å²) >= 11 is 0. The van der Waals surface area contributed by atoms with Gasteiger partial charge >= 0.3 is 5.97 Å². The van der Waals surface area contributed by atoms with Gasteiger partial charge in [0.1, 0.15) is 0 Å². The second-order valence-electron chi connectivity index (χ2n) is 7.63. The van der Waals surface area contributed by atoms with Gasteiger partial charge in [-0.1, -0.05) is 31.2 Å². The number of hydrogen-bond acceptors (Lipinski definition) is 5. The molecule has 3 rings (SSSR count). The lowest BCUT2D eigenvalue weighted by molar-refractivity contribution is 0.0118. The van der Waals surface area contributed by atoms with Crippen LogP contribution < -0.4 is 0 Å². The second kappa shape index (κ2) is 8.57. The first-order valence-electron chi connectivity index (χ1n) is 9.67. The zero-order chi connectivity index (χ0) is 21.0. The maximum absolute atomic E-state index is 12.7. The van der Waals surface area contributed by atoms with Crippen LogP contribution in [0.25, 0.3) is 0 Å². The molecule has 0 bridgehead atoms. The molecular weight excluding hydrogens is 370 g/mol. The fraction of sp³-hybridized carbons (Fsp3) is 0.348. The molecule has 152 valence electrons. The maximum atomic E-state index is 12.7. The van der Waals surface area contributed by atoms with Crippen LogP contribution in [0.15, 0.2) is 48.5 Å². The van der Waals surface area contributed by atoms with E-state index in [0.717, 1.165) is 12.0 Å². The first-order chi connectivity index (χ1) is 13.8. The van der Waals surface area contributed by atoms with Gasteiger partial charge in [-0.05, 0) is 50.1 Å². The molecule has 1 aliphatic rings. The van der Waals surface area contributed by atoms with Gasteiger partial charge in [-0.3, -0.25) is 14.5 Å². The highest BCUT2D eigenvalue weighted by atomic mass is 16.5. The number of carbonyl (C=O) groups excluding carboxylic acids is 3. The Hall–Kier alpha value is -2.99. The van der Waals surface area contributed by atoms with E-state index in [9.17, 15) is 14.4 Å². The van der Waals surface area contributed by atoms with E-state index in [-0.39, 0.29) is 24.4 Å². The summed E-state index contributed by atoms with van der Waals surface area (Å²) in [5.41, 5.74) is 1.44. The summed E-state index contributed by atoms with van der Waals surface area (Å²) < 4.78 is 10.9. The van der Waals surface area contributed by atoms with Crippen molar-refractivity contribution in [3.63, 3.8) is 0 Å². The van der Waals surface area contributed by atoms with Crippen molar-refractivity contribution in [1.29, 1.82) is 0 Å². The molecule has 6 nitrogen and oxygen atoms in total. The fourth-order valence-electron chi connectivity index (χ4n) is 3.24. The summed E-state index contributed by atoms with van der Waals surface area (Å²) in [6.07, 6.45) is 0.778.